The van der Waals surface area contributed by atoms with Gasteiger partial charge in [-0.1, -0.05) is 12.1 Å². The summed E-state index contributed by atoms with van der Waals surface area (Å²) >= 11 is 0. The maximum Gasteiger partial charge on any atom is 0.408 e. The zero-order valence-corrected chi connectivity index (χ0v) is 12.5. The van der Waals surface area contributed by atoms with Crippen LogP contribution in [0.4, 0.5) is 4.79 Å². The van der Waals surface area contributed by atoms with E-state index < -0.39 is 29.8 Å². The molecule has 118 valence electrons. The van der Waals surface area contributed by atoms with Gasteiger partial charge >= 0.3 is 12.1 Å². The Morgan fingerprint density at radius 1 is 1.27 bits per heavy atom. The lowest BCUT2D eigenvalue weighted by Crippen LogP contribution is -2.42. The number of carboxylic acid groups (broad SMARTS) is 1. The Balaban J connectivity index is 3.00. The Morgan fingerprint density at radius 3 is 2.23 bits per heavy atom. The van der Waals surface area contributed by atoms with E-state index >= 15 is 0 Å². The molecule has 3 N–H and O–H groups in total. The van der Waals surface area contributed by atoms with Crippen molar-refractivity contribution >= 4 is 12.1 Å². The Bertz CT molecular complexity index is 583. The quantitative estimate of drug-likeness (QED) is 0.776. The molecule has 0 saturated heterocycles. The SMILES string of the molecule is CC(C)(C)OC(=O)N[C@@H](c1ccc(C#N)cc1)[C@@H](O)C(=O)O. The molecule has 0 aliphatic rings. The molecule has 0 aliphatic heterocycles. The van der Waals surface area contributed by atoms with E-state index in [0.717, 1.165) is 0 Å². The summed E-state index contributed by atoms with van der Waals surface area (Å²) in [6.07, 6.45) is -2.69. The first kappa shape index (κ1) is 17.5. The van der Waals surface area contributed by atoms with Gasteiger partial charge in [-0.2, -0.15) is 5.26 Å². The van der Waals surface area contributed by atoms with Gasteiger partial charge in [-0.25, -0.2) is 9.59 Å². The topological polar surface area (TPSA) is 120 Å². The normalized spacial score (nSPS) is 13.6. The molecule has 1 amide bonds. The largest absolute Gasteiger partial charge is 0.479 e. The van der Waals surface area contributed by atoms with Gasteiger partial charge < -0.3 is 20.3 Å². The lowest BCUT2D eigenvalue weighted by Gasteiger charge is -2.25. The lowest BCUT2D eigenvalue weighted by atomic mass is 10.0. The van der Waals surface area contributed by atoms with Crippen molar-refractivity contribution in [2.24, 2.45) is 0 Å². The third-order valence-electron chi connectivity index (χ3n) is 2.64. The molecule has 0 radical (unpaired) electrons. The number of aliphatic carboxylic acids is 1. The summed E-state index contributed by atoms with van der Waals surface area (Å²) in [5.41, 5.74) is -0.0302. The van der Waals surface area contributed by atoms with Crippen LogP contribution in [-0.2, 0) is 9.53 Å². The number of nitrogens with zero attached hydrogens (tertiary/aromatic N) is 1. The zero-order valence-electron chi connectivity index (χ0n) is 12.5. The summed E-state index contributed by atoms with van der Waals surface area (Å²) in [4.78, 5) is 22.8. The molecule has 0 spiro atoms. The van der Waals surface area contributed by atoms with Gasteiger partial charge in [-0.05, 0) is 38.5 Å². The number of hydrogen-bond acceptors (Lipinski definition) is 5. The first-order chi connectivity index (χ1) is 10.1. The first-order valence-electron chi connectivity index (χ1n) is 6.54. The third-order valence-corrected chi connectivity index (χ3v) is 2.64. The van der Waals surface area contributed by atoms with Crippen molar-refractivity contribution in [1.82, 2.24) is 5.32 Å². The van der Waals surface area contributed by atoms with Crippen LogP contribution < -0.4 is 5.32 Å². The number of amides is 1. The average Bonchev–Trinajstić information content (AvgIpc) is 2.42. The van der Waals surface area contributed by atoms with Crippen molar-refractivity contribution in [3.63, 3.8) is 0 Å². The van der Waals surface area contributed by atoms with Crippen LogP contribution in [0, 0.1) is 11.3 Å². The number of alkyl carbamates (subject to hydrolysis) is 1. The number of hydrogen-bond donors (Lipinski definition) is 3. The molecule has 1 aromatic rings. The minimum absolute atomic E-state index is 0.347. The van der Waals surface area contributed by atoms with Gasteiger partial charge in [0.1, 0.15) is 5.60 Å². The molecule has 0 heterocycles. The Hall–Kier alpha value is -2.59. The van der Waals surface area contributed by atoms with Crippen LogP contribution in [-0.4, -0.2) is 34.0 Å². The van der Waals surface area contributed by atoms with Crippen LogP contribution in [0.1, 0.15) is 37.9 Å². The van der Waals surface area contributed by atoms with Gasteiger partial charge in [0.2, 0.25) is 0 Å². The van der Waals surface area contributed by atoms with Crippen molar-refractivity contribution in [3.05, 3.63) is 35.4 Å². The number of aliphatic hydroxyl groups is 1. The number of benzene rings is 1. The van der Waals surface area contributed by atoms with Crippen LogP contribution in [0.15, 0.2) is 24.3 Å². The van der Waals surface area contributed by atoms with Crippen LogP contribution >= 0.6 is 0 Å². The molecule has 0 bridgehead atoms. The van der Waals surface area contributed by atoms with E-state index in [-0.39, 0.29) is 0 Å². The molecule has 0 aromatic heterocycles. The molecule has 22 heavy (non-hydrogen) atoms. The van der Waals surface area contributed by atoms with Crippen molar-refractivity contribution in [3.8, 4) is 6.07 Å². The Labute approximate surface area is 128 Å². The summed E-state index contributed by atoms with van der Waals surface area (Å²) in [7, 11) is 0. The van der Waals surface area contributed by atoms with Gasteiger partial charge in [0.25, 0.3) is 0 Å². The maximum absolute atomic E-state index is 11.8. The van der Waals surface area contributed by atoms with Gasteiger partial charge in [-0.3, -0.25) is 0 Å². The molecule has 0 fully saturated rings. The number of carbonyl (C=O) groups is 2. The summed E-state index contributed by atoms with van der Waals surface area (Å²) in [5, 5.41) is 29.8. The lowest BCUT2D eigenvalue weighted by molar-refractivity contribution is -0.148. The molecule has 0 saturated carbocycles. The monoisotopic (exact) mass is 306 g/mol. The number of carboxylic acids is 1. The fourth-order valence-electron chi connectivity index (χ4n) is 1.69. The van der Waals surface area contributed by atoms with Crippen molar-refractivity contribution in [2.75, 3.05) is 0 Å². The van der Waals surface area contributed by atoms with E-state index in [1.165, 1.54) is 24.3 Å². The molecule has 7 heteroatoms. The van der Waals surface area contributed by atoms with Crippen molar-refractivity contribution < 1.29 is 24.5 Å². The highest BCUT2D eigenvalue weighted by Gasteiger charge is 2.30. The maximum atomic E-state index is 11.8. The highest BCUT2D eigenvalue weighted by molar-refractivity contribution is 5.75. The minimum atomic E-state index is -1.85. The second-order valence-electron chi connectivity index (χ2n) is 5.64. The fraction of sp³-hybridized carbons (Fsp3) is 0.400. The number of rotatable bonds is 4. The fourth-order valence-corrected chi connectivity index (χ4v) is 1.69. The first-order valence-corrected chi connectivity index (χ1v) is 6.54. The van der Waals surface area contributed by atoms with Crippen molar-refractivity contribution in [2.45, 2.75) is 38.5 Å². The second-order valence-corrected chi connectivity index (χ2v) is 5.64. The molecule has 7 nitrogen and oxygen atoms in total. The molecule has 1 aromatic carbocycles. The van der Waals surface area contributed by atoms with E-state index in [1.807, 2.05) is 6.07 Å². The van der Waals surface area contributed by atoms with Crippen LogP contribution in [0.2, 0.25) is 0 Å². The number of nitrogens with one attached hydrogen (secondary N) is 1. The second kappa shape index (κ2) is 6.91. The molecule has 2 atom stereocenters. The summed E-state index contributed by atoms with van der Waals surface area (Å²) in [6.45, 7) is 4.99. The van der Waals surface area contributed by atoms with Crippen LogP contribution in [0.3, 0.4) is 0 Å². The average molecular weight is 306 g/mol. The molecule has 0 aliphatic carbocycles. The molecule has 0 unspecified atom stereocenters. The van der Waals surface area contributed by atoms with E-state index in [4.69, 9.17) is 15.1 Å². The van der Waals surface area contributed by atoms with Crippen molar-refractivity contribution in [1.29, 1.82) is 5.26 Å². The van der Waals surface area contributed by atoms with E-state index in [9.17, 15) is 14.7 Å². The predicted molar refractivity (Wildman–Crippen MR) is 76.9 cm³/mol. The molecular formula is C15H18N2O5. The number of ether oxygens (including phenoxy) is 1. The predicted octanol–water partition coefficient (Wildman–Crippen LogP) is 1.57. The number of carbonyl (C=O) groups excluding carboxylic acids is 1. The molecule has 1 rings (SSSR count). The van der Waals surface area contributed by atoms with Crippen LogP contribution in [0.25, 0.3) is 0 Å². The number of aliphatic hydroxyl groups excluding tert-OH is 1. The Morgan fingerprint density at radius 2 is 1.82 bits per heavy atom. The van der Waals surface area contributed by atoms with Gasteiger partial charge in [0.05, 0.1) is 17.7 Å². The number of nitriles is 1. The van der Waals surface area contributed by atoms with E-state index in [2.05, 4.69) is 5.32 Å². The van der Waals surface area contributed by atoms with Gasteiger partial charge in [0, 0.05) is 0 Å². The minimum Gasteiger partial charge on any atom is -0.479 e. The highest BCUT2D eigenvalue weighted by atomic mass is 16.6. The van der Waals surface area contributed by atoms with Crippen LogP contribution in [0.5, 0.6) is 0 Å². The molecular weight excluding hydrogens is 288 g/mol. The summed E-state index contributed by atoms with van der Waals surface area (Å²) < 4.78 is 5.06. The Kier molecular flexibility index (Phi) is 5.49. The zero-order chi connectivity index (χ0) is 16.9. The smallest absolute Gasteiger partial charge is 0.408 e. The van der Waals surface area contributed by atoms with Gasteiger partial charge in [-0.15, -0.1) is 0 Å². The van der Waals surface area contributed by atoms with E-state index in [0.29, 0.717) is 11.1 Å². The highest BCUT2D eigenvalue weighted by Crippen LogP contribution is 2.19. The van der Waals surface area contributed by atoms with Gasteiger partial charge in [0.15, 0.2) is 6.10 Å². The third kappa shape index (κ3) is 5.07. The standard InChI is InChI=1S/C15H18N2O5/c1-15(2,3)22-14(21)17-11(12(18)13(19)20)10-6-4-9(8-16)5-7-10/h4-7,11-12,18H,1-3H3,(H,17,21)(H,19,20)/t11-,12+/m0/s1. The van der Waals surface area contributed by atoms with E-state index in [1.54, 1.807) is 20.8 Å². The summed E-state index contributed by atoms with van der Waals surface area (Å²) in [6, 6.07) is 6.59. The summed E-state index contributed by atoms with van der Waals surface area (Å²) in [5.74, 6) is -1.48.